The summed E-state index contributed by atoms with van der Waals surface area (Å²) >= 11 is 6.21. The van der Waals surface area contributed by atoms with Crippen molar-refractivity contribution in [3.63, 3.8) is 0 Å². The number of nitrogens with one attached hydrogen (secondary N) is 2. The van der Waals surface area contributed by atoms with E-state index in [9.17, 15) is 18.4 Å². The minimum Gasteiger partial charge on any atom is -0.434 e. The number of hydrogen-bond acceptors (Lipinski definition) is 9. The van der Waals surface area contributed by atoms with Gasteiger partial charge in [-0.1, -0.05) is 17.7 Å². The van der Waals surface area contributed by atoms with Crippen LogP contribution in [0.15, 0.2) is 77.6 Å². The molecule has 2 N–H and O–H groups in total. The molecule has 0 radical (unpaired) electrons. The van der Waals surface area contributed by atoms with Gasteiger partial charge in [-0.15, -0.1) is 0 Å². The van der Waals surface area contributed by atoms with Gasteiger partial charge in [-0.05, 0) is 35.9 Å². The zero-order valence-electron chi connectivity index (χ0n) is 21.6. The molecule has 0 saturated carbocycles. The molecular weight excluding hydrogens is 558 g/mol. The number of hydrogen-bond donors (Lipinski definition) is 2. The van der Waals surface area contributed by atoms with Gasteiger partial charge in [0.05, 0.1) is 24.4 Å². The number of benzene rings is 1. The highest BCUT2D eigenvalue weighted by Crippen LogP contribution is 2.37. The predicted molar refractivity (Wildman–Crippen MR) is 148 cm³/mol. The third kappa shape index (κ3) is 6.82. The molecule has 2 aliphatic rings. The van der Waals surface area contributed by atoms with Crippen LogP contribution in [0.3, 0.4) is 0 Å². The first kappa shape index (κ1) is 28.1. The molecular formula is C27H25ClF2N8O3. The fourth-order valence-corrected chi connectivity index (χ4v) is 4.56. The van der Waals surface area contributed by atoms with E-state index in [-0.39, 0.29) is 40.8 Å². The van der Waals surface area contributed by atoms with E-state index >= 15 is 0 Å². The molecule has 2 aromatic heterocycles. The molecule has 5 rings (SSSR count). The molecule has 1 aromatic carbocycles. The quantitative estimate of drug-likeness (QED) is 0.312. The van der Waals surface area contributed by atoms with Crippen LogP contribution in [-0.2, 0) is 22.7 Å². The summed E-state index contributed by atoms with van der Waals surface area (Å²) in [4.78, 5) is 35.0. The van der Waals surface area contributed by atoms with E-state index in [0.717, 1.165) is 11.8 Å². The monoisotopic (exact) mass is 582 g/mol. The Morgan fingerprint density at radius 3 is 2.98 bits per heavy atom. The molecule has 1 amide bonds. The van der Waals surface area contributed by atoms with E-state index in [2.05, 4.69) is 25.8 Å². The molecule has 212 valence electrons. The summed E-state index contributed by atoms with van der Waals surface area (Å²) in [6.07, 6.45) is 10.8. The minimum absolute atomic E-state index is 0.151. The molecule has 4 heterocycles. The molecule has 0 unspecified atom stereocenters. The molecule has 11 nitrogen and oxygen atoms in total. The van der Waals surface area contributed by atoms with Crippen molar-refractivity contribution in [2.75, 3.05) is 25.0 Å². The SMILES string of the molecule is O=CCN(CCn1cc(NC(=O)C2=C3N=CC=CN3NC2)c(-c2cc(Cl)ccc2OC(F)F)n1)Cc1cccnc1. The standard InChI is InChI=1S/C27H25ClF2N8O3/c28-19-4-5-23(41-27(29)30)20(13-19)24-22(34-26(40)21-15-33-38-8-2-7-32-25(21)38)17-37(35-24)10-9-36(11-12-39)16-18-3-1-6-31-14-18/h1-8,12-14,17,27,33H,9-11,15-16H2,(H,34,40). The summed E-state index contributed by atoms with van der Waals surface area (Å²) in [5.74, 6) is -0.147. The summed E-state index contributed by atoms with van der Waals surface area (Å²) in [6.45, 7) is -1.44. The number of aliphatic imine (C=N–C) groups is 1. The highest BCUT2D eigenvalue weighted by atomic mass is 35.5. The first-order chi connectivity index (χ1) is 19.9. The number of nitrogens with zero attached hydrogens (tertiary/aromatic N) is 6. The van der Waals surface area contributed by atoms with Crippen molar-refractivity contribution in [3.8, 4) is 17.0 Å². The Hall–Kier alpha value is -4.46. The van der Waals surface area contributed by atoms with Gasteiger partial charge in [0.1, 0.15) is 17.7 Å². The topological polar surface area (TPSA) is 117 Å². The number of anilines is 1. The number of pyridine rings is 1. The number of fused-ring (bicyclic) bond motifs is 1. The van der Waals surface area contributed by atoms with Crippen LogP contribution in [-0.4, -0.2) is 69.3 Å². The Morgan fingerprint density at radius 2 is 2.20 bits per heavy atom. The smallest absolute Gasteiger partial charge is 0.387 e. The summed E-state index contributed by atoms with van der Waals surface area (Å²) in [5, 5.41) is 9.35. The number of carbonyl (C=O) groups excluding carboxylic acids is 2. The van der Waals surface area contributed by atoms with E-state index < -0.39 is 12.5 Å². The molecule has 0 aliphatic carbocycles. The van der Waals surface area contributed by atoms with Gasteiger partial charge < -0.3 is 14.8 Å². The zero-order chi connectivity index (χ0) is 28.8. The second-order valence-electron chi connectivity index (χ2n) is 9.02. The summed E-state index contributed by atoms with van der Waals surface area (Å²) in [5.41, 5.74) is 4.98. The van der Waals surface area contributed by atoms with Crippen LogP contribution in [0.2, 0.25) is 5.02 Å². The molecule has 41 heavy (non-hydrogen) atoms. The van der Waals surface area contributed by atoms with Gasteiger partial charge >= 0.3 is 6.61 Å². The molecule has 0 bridgehead atoms. The Balaban J connectivity index is 1.45. The zero-order valence-corrected chi connectivity index (χ0v) is 22.3. The van der Waals surface area contributed by atoms with Crippen molar-refractivity contribution >= 4 is 35.7 Å². The van der Waals surface area contributed by atoms with Gasteiger partial charge in [0.15, 0.2) is 5.82 Å². The Labute approximate surface area is 238 Å². The van der Waals surface area contributed by atoms with Crippen molar-refractivity contribution in [2.24, 2.45) is 4.99 Å². The van der Waals surface area contributed by atoms with E-state index in [4.69, 9.17) is 16.3 Å². The van der Waals surface area contributed by atoms with Crippen LogP contribution in [0, 0.1) is 0 Å². The molecule has 0 spiro atoms. The maximum absolute atomic E-state index is 13.3. The lowest BCUT2D eigenvalue weighted by molar-refractivity contribution is -0.113. The highest BCUT2D eigenvalue weighted by molar-refractivity contribution is 6.31. The third-order valence-corrected chi connectivity index (χ3v) is 6.48. The normalized spacial score (nSPS) is 14.2. The average molecular weight is 583 g/mol. The van der Waals surface area contributed by atoms with Crippen molar-refractivity contribution in [1.82, 2.24) is 30.1 Å². The van der Waals surface area contributed by atoms with Crippen molar-refractivity contribution in [1.29, 1.82) is 0 Å². The van der Waals surface area contributed by atoms with E-state index in [1.807, 2.05) is 17.0 Å². The molecule has 0 saturated heterocycles. The average Bonchev–Trinajstić information content (AvgIpc) is 3.57. The molecule has 3 aromatic rings. The first-order valence-corrected chi connectivity index (χ1v) is 12.9. The summed E-state index contributed by atoms with van der Waals surface area (Å²) in [6, 6.07) is 7.92. The first-order valence-electron chi connectivity index (χ1n) is 12.6. The summed E-state index contributed by atoms with van der Waals surface area (Å²) < 4.78 is 32.8. The number of hydrazine groups is 1. The maximum Gasteiger partial charge on any atom is 0.387 e. The van der Waals surface area contributed by atoms with E-state index in [1.165, 1.54) is 18.2 Å². The largest absolute Gasteiger partial charge is 0.434 e. The Morgan fingerprint density at radius 1 is 1.32 bits per heavy atom. The van der Waals surface area contributed by atoms with Crippen molar-refractivity contribution in [3.05, 3.63) is 83.2 Å². The lowest BCUT2D eigenvalue weighted by Crippen LogP contribution is -2.29. The number of aldehydes is 1. The van der Waals surface area contributed by atoms with Gasteiger partial charge in [0, 0.05) is 61.2 Å². The number of allylic oxidation sites excluding steroid dienone is 1. The van der Waals surface area contributed by atoms with Crippen molar-refractivity contribution < 1.29 is 23.1 Å². The number of ether oxygens (including phenoxy) is 1. The number of aromatic nitrogens is 3. The van der Waals surface area contributed by atoms with Gasteiger partial charge in [0.2, 0.25) is 0 Å². The van der Waals surface area contributed by atoms with Crippen LogP contribution in [0.5, 0.6) is 5.75 Å². The Kier molecular flexibility index (Phi) is 8.77. The molecule has 0 atom stereocenters. The fraction of sp³-hybridized carbons (Fsp3) is 0.222. The van der Waals surface area contributed by atoms with Gasteiger partial charge in [0.25, 0.3) is 5.91 Å². The Bertz CT molecular complexity index is 1510. The molecule has 14 heteroatoms. The highest BCUT2D eigenvalue weighted by Gasteiger charge is 2.28. The maximum atomic E-state index is 13.3. The van der Waals surface area contributed by atoms with Crippen LogP contribution in [0.25, 0.3) is 11.3 Å². The second kappa shape index (κ2) is 12.8. The minimum atomic E-state index is -3.08. The number of alkyl halides is 2. The number of rotatable bonds is 12. The molecule has 0 fully saturated rings. The van der Waals surface area contributed by atoms with Crippen LogP contribution < -0.4 is 15.5 Å². The van der Waals surface area contributed by atoms with E-state index in [1.54, 1.807) is 46.8 Å². The van der Waals surface area contributed by atoms with Gasteiger partial charge in [-0.2, -0.15) is 13.9 Å². The summed E-state index contributed by atoms with van der Waals surface area (Å²) in [7, 11) is 0. The number of amides is 1. The van der Waals surface area contributed by atoms with Crippen LogP contribution in [0.4, 0.5) is 14.5 Å². The van der Waals surface area contributed by atoms with Crippen molar-refractivity contribution in [2.45, 2.75) is 19.7 Å². The predicted octanol–water partition coefficient (Wildman–Crippen LogP) is 3.47. The van der Waals surface area contributed by atoms with E-state index in [0.29, 0.717) is 31.0 Å². The fourth-order valence-electron chi connectivity index (χ4n) is 4.39. The van der Waals surface area contributed by atoms with Crippen LogP contribution >= 0.6 is 11.6 Å². The van der Waals surface area contributed by atoms with Gasteiger partial charge in [-0.3, -0.25) is 24.4 Å². The lowest BCUT2D eigenvalue weighted by atomic mass is 10.1. The van der Waals surface area contributed by atoms with Crippen LogP contribution in [0.1, 0.15) is 5.56 Å². The second-order valence-corrected chi connectivity index (χ2v) is 9.45. The lowest BCUT2D eigenvalue weighted by Gasteiger charge is -2.19. The van der Waals surface area contributed by atoms with Gasteiger partial charge in [-0.25, -0.2) is 10.4 Å². The number of carbonyl (C=O) groups is 2. The molecule has 2 aliphatic heterocycles. The third-order valence-electron chi connectivity index (χ3n) is 6.25. The number of halogens is 3.